The molecule has 0 spiro atoms. The Kier molecular flexibility index (Phi) is 4.88. The molecule has 36 heavy (non-hydrogen) atoms. The van der Waals surface area contributed by atoms with Crippen molar-refractivity contribution in [2.45, 2.75) is 31.5 Å². The van der Waals surface area contributed by atoms with E-state index in [-0.39, 0.29) is 18.1 Å². The Morgan fingerprint density at radius 3 is 2.75 bits per heavy atom. The van der Waals surface area contributed by atoms with E-state index in [9.17, 15) is 24.8 Å². The van der Waals surface area contributed by atoms with Gasteiger partial charge in [0.2, 0.25) is 5.95 Å². The first kappa shape index (κ1) is 21.6. The van der Waals surface area contributed by atoms with Gasteiger partial charge in [-0.05, 0) is 54.3 Å². The average molecular weight is 480 g/mol. The maximum absolute atomic E-state index is 14.2. The van der Waals surface area contributed by atoms with E-state index in [1.165, 1.54) is 39.9 Å². The SMILES string of the molecule is N#CCn1c(=O)n([C@@H]2CC[C@@H](O)c3ccc(F)cc32)c2nc(-n3cnc4ccc(C#N)cc43)ncc21. The second-order valence-corrected chi connectivity index (χ2v) is 8.59. The fourth-order valence-corrected chi connectivity index (χ4v) is 4.94. The van der Waals surface area contributed by atoms with Crippen LogP contribution in [0.4, 0.5) is 4.39 Å². The number of imidazole rings is 2. The molecular formula is C25H17FN8O2. The van der Waals surface area contributed by atoms with Crippen LogP contribution in [-0.2, 0) is 6.54 Å². The van der Waals surface area contributed by atoms with Crippen molar-refractivity contribution < 1.29 is 9.50 Å². The molecule has 1 N–H and O–H groups in total. The van der Waals surface area contributed by atoms with E-state index < -0.39 is 23.7 Å². The number of nitriles is 2. The Morgan fingerprint density at radius 1 is 1.08 bits per heavy atom. The topological polar surface area (TPSA) is 138 Å². The zero-order chi connectivity index (χ0) is 25.0. The minimum absolute atomic E-state index is 0.212. The standard InChI is InChI=1S/C25H17FN8O2/c26-15-2-3-16-17(10-15)19(5-6-22(16)35)34-23-21(32(8-7-27)25(34)36)12-29-24(31-23)33-13-30-18-4-1-14(11-28)9-20(18)33/h1-4,9-10,12-13,19,22,35H,5-6,8H2/t19-,22-/m1/s1. The van der Waals surface area contributed by atoms with Gasteiger partial charge in [0.15, 0.2) is 5.65 Å². The lowest BCUT2D eigenvalue weighted by Crippen LogP contribution is -2.31. The molecule has 0 saturated heterocycles. The summed E-state index contributed by atoms with van der Waals surface area (Å²) < 4.78 is 18.6. The summed E-state index contributed by atoms with van der Waals surface area (Å²) in [5.74, 6) is -0.256. The molecule has 11 heteroatoms. The third kappa shape index (κ3) is 3.18. The van der Waals surface area contributed by atoms with Crippen LogP contribution in [0.2, 0.25) is 0 Å². The average Bonchev–Trinajstić information content (AvgIpc) is 3.42. The first-order chi connectivity index (χ1) is 17.5. The highest BCUT2D eigenvalue weighted by Crippen LogP contribution is 2.39. The van der Waals surface area contributed by atoms with Gasteiger partial charge in [-0.2, -0.15) is 15.5 Å². The van der Waals surface area contributed by atoms with Gasteiger partial charge < -0.3 is 5.11 Å². The first-order valence-corrected chi connectivity index (χ1v) is 11.2. The number of aromatic nitrogens is 6. The molecular weight excluding hydrogens is 463 g/mol. The normalized spacial score (nSPS) is 17.1. The predicted octanol–water partition coefficient (Wildman–Crippen LogP) is 2.88. The molecule has 2 atom stereocenters. The summed E-state index contributed by atoms with van der Waals surface area (Å²) in [5.41, 5.74) is 2.92. The van der Waals surface area contributed by atoms with Crippen LogP contribution in [0.3, 0.4) is 0 Å². The molecule has 0 amide bonds. The van der Waals surface area contributed by atoms with Gasteiger partial charge in [0.25, 0.3) is 0 Å². The molecule has 0 radical (unpaired) electrons. The maximum Gasteiger partial charge on any atom is 0.331 e. The van der Waals surface area contributed by atoms with Crippen molar-refractivity contribution in [2.75, 3.05) is 0 Å². The van der Waals surface area contributed by atoms with E-state index in [2.05, 4.69) is 21.0 Å². The van der Waals surface area contributed by atoms with Gasteiger partial charge in [0.1, 0.15) is 24.2 Å². The van der Waals surface area contributed by atoms with Crippen LogP contribution in [0.15, 0.2) is 53.7 Å². The quantitative estimate of drug-likeness (QED) is 0.419. The lowest BCUT2D eigenvalue weighted by molar-refractivity contribution is 0.147. The summed E-state index contributed by atoms with van der Waals surface area (Å²) in [6.45, 7) is -0.212. The summed E-state index contributed by atoms with van der Waals surface area (Å²) in [4.78, 5) is 27.0. The van der Waals surface area contributed by atoms with E-state index >= 15 is 0 Å². The van der Waals surface area contributed by atoms with Gasteiger partial charge in [0.05, 0.1) is 47.1 Å². The largest absolute Gasteiger partial charge is 0.388 e. The van der Waals surface area contributed by atoms with Crippen molar-refractivity contribution in [1.82, 2.24) is 28.7 Å². The molecule has 6 rings (SSSR count). The van der Waals surface area contributed by atoms with E-state index in [0.29, 0.717) is 46.1 Å². The van der Waals surface area contributed by atoms with Gasteiger partial charge in [-0.25, -0.2) is 19.2 Å². The van der Waals surface area contributed by atoms with Crippen LogP contribution in [0.5, 0.6) is 0 Å². The Balaban J connectivity index is 1.61. The fraction of sp³-hybridized carbons (Fsp3) is 0.200. The molecule has 10 nitrogen and oxygen atoms in total. The van der Waals surface area contributed by atoms with Crippen LogP contribution in [0, 0.1) is 28.5 Å². The summed E-state index contributed by atoms with van der Waals surface area (Å²) in [6, 6.07) is 12.7. The molecule has 5 aromatic rings. The predicted molar refractivity (Wildman–Crippen MR) is 125 cm³/mol. The Morgan fingerprint density at radius 2 is 1.94 bits per heavy atom. The third-order valence-corrected chi connectivity index (χ3v) is 6.61. The third-order valence-electron chi connectivity index (χ3n) is 6.61. The number of aliphatic hydroxyl groups is 1. The zero-order valence-electron chi connectivity index (χ0n) is 18.7. The zero-order valence-corrected chi connectivity index (χ0v) is 18.7. The summed E-state index contributed by atoms with van der Waals surface area (Å²) in [6.07, 6.45) is 2.99. The number of fused-ring (bicyclic) bond motifs is 3. The van der Waals surface area contributed by atoms with Crippen molar-refractivity contribution in [2.24, 2.45) is 0 Å². The van der Waals surface area contributed by atoms with Crippen LogP contribution in [0.25, 0.3) is 28.1 Å². The highest BCUT2D eigenvalue weighted by atomic mass is 19.1. The molecule has 176 valence electrons. The monoisotopic (exact) mass is 480 g/mol. The number of rotatable bonds is 3. The number of hydrogen-bond donors (Lipinski definition) is 1. The van der Waals surface area contributed by atoms with E-state index in [1.54, 1.807) is 22.8 Å². The van der Waals surface area contributed by atoms with Gasteiger partial charge in [-0.3, -0.25) is 13.7 Å². The molecule has 3 aromatic heterocycles. The summed E-state index contributed by atoms with van der Waals surface area (Å²) in [5, 5.41) is 29.1. The van der Waals surface area contributed by atoms with E-state index in [1.807, 2.05) is 6.07 Å². The van der Waals surface area contributed by atoms with Crippen molar-refractivity contribution in [3.8, 4) is 18.1 Å². The van der Waals surface area contributed by atoms with Crippen LogP contribution in [-0.4, -0.2) is 33.8 Å². The van der Waals surface area contributed by atoms with Gasteiger partial charge in [-0.15, -0.1) is 0 Å². The second-order valence-electron chi connectivity index (χ2n) is 8.59. The fourth-order valence-electron chi connectivity index (χ4n) is 4.94. The van der Waals surface area contributed by atoms with Crippen molar-refractivity contribution in [3.05, 3.63) is 81.9 Å². The highest BCUT2D eigenvalue weighted by molar-refractivity contribution is 5.79. The lowest BCUT2D eigenvalue weighted by Gasteiger charge is -2.29. The van der Waals surface area contributed by atoms with E-state index in [0.717, 1.165) is 0 Å². The molecule has 0 saturated carbocycles. The van der Waals surface area contributed by atoms with Gasteiger partial charge >= 0.3 is 5.69 Å². The minimum atomic E-state index is -0.767. The van der Waals surface area contributed by atoms with Crippen LogP contribution >= 0.6 is 0 Å². The summed E-state index contributed by atoms with van der Waals surface area (Å²) >= 11 is 0. The summed E-state index contributed by atoms with van der Waals surface area (Å²) in [7, 11) is 0. The van der Waals surface area contributed by atoms with Crippen molar-refractivity contribution >= 4 is 22.2 Å². The number of halogens is 1. The first-order valence-electron chi connectivity index (χ1n) is 11.2. The van der Waals surface area contributed by atoms with Crippen LogP contribution < -0.4 is 5.69 Å². The molecule has 3 heterocycles. The number of benzene rings is 2. The van der Waals surface area contributed by atoms with Crippen molar-refractivity contribution in [3.63, 3.8) is 0 Å². The Hall–Kier alpha value is -4.87. The van der Waals surface area contributed by atoms with Crippen LogP contribution in [0.1, 0.15) is 41.7 Å². The molecule has 1 aliphatic carbocycles. The second kappa shape index (κ2) is 8.12. The Bertz CT molecular complexity index is 1820. The van der Waals surface area contributed by atoms with Gasteiger partial charge in [0, 0.05) is 0 Å². The Labute approximate surface area is 202 Å². The maximum atomic E-state index is 14.2. The number of nitrogens with zero attached hydrogens (tertiary/aromatic N) is 8. The number of hydrogen-bond acceptors (Lipinski definition) is 7. The smallest absolute Gasteiger partial charge is 0.331 e. The molecule has 1 aliphatic rings. The molecule has 0 bridgehead atoms. The van der Waals surface area contributed by atoms with E-state index in [4.69, 9.17) is 0 Å². The molecule has 2 aromatic carbocycles. The van der Waals surface area contributed by atoms with Gasteiger partial charge in [-0.1, -0.05) is 6.07 Å². The number of aliphatic hydroxyl groups excluding tert-OH is 1. The minimum Gasteiger partial charge on any atom is -0.388 e. The van der Waals surface area contributed by atoms with Crippen molar-refractivity contribution in [1.29, 1.82) is 10.5 Å². The highest BCUT2D eigenvalue weighted by Gasteiger charge is 2.31. The molecule has 0 unspecified atom stereocenters. The molecule has 0 fully saturated rings. The molecule has 0 aliphatic heterocycles. The lowest BCUT2D eigenvalue weighted by atomic mass is 9.85.